The molecule has 0 heterocycles. The molecule has 0 aliphatic heterocycles. The number of nitrogens with zero attached hydrogens (tertiary/aromatic N) is 1. The Morgan fingerprint density at radius 1 is 1.03 bits per heavy atom. The van der Waals surface area contributed by atoms with Crippen LogP contribution in [0, 0.1) is 13.8 Å². The van der Waals surface area contributed by atoms with Gasteiger partial charge in [0.05, 0.1) is 11.5 Å². The number of benzene rings is 3. The molecule has 0 amide bonds. The van der Waals surface area contributed by atoms with Gasteiger partial charge in [-0.3, -0.25) is 0 Å². The Bertz CT molecular complexity index is 1160. The number of unbranched alkanes of at least 4 members (excludes halogenated alkanes) is 1. The van der Waals surface area contributed by atoms with Crippen molar-refractivity contribution < 1.29 is 27.8 Å². The monoisotopic (exact) mass is 484 g/mol. The zero-order valence-electron chi connectivity index (χ0n) is 20.1. The van der Waals surface area contributed by atoms with Crippen molar-refractivity contribution in [1.29, 1.82) is 0 Å². The summed E-state index contributed by atoms with van der Waals surface area (Å²) in [5, 5.41) is 10.7. The molecular formula is C28H29F3NO3-. The SMILES string of the molecule is CCCCN(Cc1ccc(OCC(=O)[O-])c(C)c1)c1cccc(-c2ccc(C(F)(F)F)cc2)c1C. The molecule has 186 valence electrons. The highest BCUT2D eigenvalue weighted by molar-refractivity contribution is 5.74. The van der Waals surface area contributed by atoms with Gasteiger partial charge in [0.25, 0.3) is 0 Å². The first kappa shape index (κ1) is 26.1. The van der Waals surface area contributed by atoms with E-state index in [1.165, 1.54) is 12.1 Å². The number of carboxylic acids is 1. The van der Waals surface area contributed by atoms with Crippen LogP contribution in [0.1, 0.15) is 42.0 Å². The Hall–Kier alpha value is -3.48. The predicted molar refractivity (Wildman–Crippen MR) is 129 cm³/mol. The van der Waals surface area contributed by atoms with Crippen molar-refractivity contribution in [3.05, 3.63) is 82.9 Å². The molecule has 7 heteroatoms. The number of anilines is 1. The summed E-state index contributed by atoms with van der Waals surface area (Å²) in [7, 11) is 0. The van der Waals surface area contributed by atoms with Crippen LogP contribution >= 0.6 is 0 Å². The highest BCUT2D eigenvalue weighted by atomic mass is 19.4. The first-order valence-electron chi connectivity index (χ1n) is 11.5. The van der Waals surface area contributed by atoms with E-state index in [-0.39, 0.29) is 0 Å². The highest BCUT2D eigenvalue weighted by Gasteiger charge is 2.30. The molecular weight excluding hydrogens is 455 g/mol. The second-order valence-corrected chi connectivity index (χ2v) is 8.56. The summed E-state index contributed by atoms with van der Waals surface area (Å²) in [6.45, 7) is 6.91. The average molecular weight is 485 g/mol. The van der Waals surface area contributed by atoms with Crippen LogP contribution in [0.5, 0.6) is 5.75 Å². The van der Waals surface area contributed by atoms with Crippen LogP contribution in [-0.2, 0) is 17.5 Å². The standard InChI is InChI=1S/C28H30F3NO3/c1-4-5-15-32(17-21-9-14-26(19(2)16-21)35-18-27(33)34)25-8-6-7-24(20(25)3)22-10-12-23(13-11-22)28(29,30)31/h6-14,16H,4-5,15,17-18H2,1-3H3,(H,33,34)/p-1. The summed E-state index contributed by atoms with van der Waals surface area (Å²) >= 11 is 0. The minimum atomic E-state index is -4.37. The van der Waals surface area contributed by atoms with Gasteiger partial charge in [0.2, 0.25) is 0 Å². The topological polar surface area (TPSA) is 52.6 Å². The van der Waals surface area contributed by atoms with Gasteiger partial charge in [0.1, 0.15) is 12.4 Å². The van der Waals surface area contributed by atoms with Gasteiger partial charge in [0.15, 0.2) is 0 Å². The van der Waals surface area contributed by atoms with E-state index in [0.29, 0.717) is 12.3 Å². The molecule has 35 heavy (non-hydrogen) atoms. The largest absolute Gasteiger partial charge is 0.546 e. The van der Waals surface area contributed by atoms with Crippen LogP contribution in [0.4, 0.5) is 18.9 Å². The Kier molecular flexibility index (Phi) is 8.43. The molecule has 3 aromatic carbocycles. The normalized spacial score (nSPS) is 11.4. The number of carbonyl (C=O) groups excluding carboxylic acids is 1. The molecule has 0 saturated heterocycles. The summed E-state index contributed by atoms with van der Waals surface area (Å²) in [4.78, 5) is 13.0. The van der Waals surface area contributed by atoms with Crippen molar-refractivity contribution in [2.45, 2.75) is 46.3 Å². The van der Waals surface area contributed by atoms with E-state index in [9.17, 15) is 23.1 Å². The maximum atomic E-state index is 13.0. The van der Waals surface area contributed by atoms with Gasteiger partial charge in [-0.2, -0.15) is 13.2 Å². The lowest BCUT2D eigenvalue weighted by atomic mass is 9.97. The van der Waals surface area contributed by atoms with Gasteiger partial charge in [-0.25, -0.2) is 0 Å². The molecule has 0 fully saturated rings. The van der Waals surface area contributed by atoms with Crippen LogP contribution in [0.15, 0.2) is 60.7 Å². The lowest BCUT2D eigenvalue weighted by Gasteiger charge is -2.28. The molecule has 3 rings (SSSR count). The van der Waals surface area contributed by atoms with Crippen LogP contribution in [0.2, 0.25) is 0 Å². The molecule has 0 unspecified atom stereocenters. The van der Waals surface area contributed by atoms with Crippen LogP contribution in [0.3, 0.4) is 0 Å². The van der Waals surface area contributed by atoms with Crippen molar-refractivity contribution in [3.8, 4) is 16.9 Å². The molecule has 3 aromatic rings. The van der Waals surface area contributed by atoms with E-state index in [1.54, 1.807) is 6.07 Å². The number of aliphatic carboxylic acids is 1. The van der Waals surface area contributed by atoms with E-state index in [1.807, 2.05) is 44.2 Å². The maximum Gasteiger partial charge on any atom is 0.416 e. The molecule has 0 aliphatic rings. The molecule has 0 radical (unpaired) electrons. The molecule has 0 aliphatic carbocycles. The molecule has 4 nitrogen and oxygen atoms in total. The second-order valence-electron chi connectivity index (χ2n) is 8.56. The molecule has 0 bridgehead atoms. The number of rotatable bonds is 10. The third-order valence-corrected chi connectivity index (χ3v) is 5.91. The maximum absolute atomic E-state index is 13.0. The number of hydrogen-bond donors (Lipinski definition) is 0. The van der Waals surface area contributed by atoms with Crippen LogP contribution in [0.25, 0.3) is 11.1 Å². The Morgan fingerprint density at radius 2 is 1.74 bits per heavy atom. The Balaban J connectivity index is 1.89. The average Bonchev–Trinajstić information content (AvgIpc) is 2.81. The minimum Gasteiger partial charge on any atom is -0.546 e. The fourth-order valence-corrected chi connectivity index (χ4v) is 4.08. The van der Waals surface area contributed by atoms with Gasteiger partial charge >= 0.3 is 6.18 Å². The van der Waals surface area contributed by atoms with Gasteiger partial charge < -0.3 is 19.5 Å². The first-order valence-corrected chi connectivity index (χ1v) is 11.5. The Labute approximate surface area is 204 Å². The fraction of sp³-hybridized carbons (Fsp3) is 0.321. The number of ether oxygens (including phenoxy) is 1. The van der Waals surface area contributed by atoms with Crippen LogP contribution < -0.4 is 14.7 Å². The van der Waals surface area contributed by atoms with Crippen molar-refractivity contribution >= 4 is 11.7 Å². The molecule has 0 atom stereocenters. The number of hydrogen-bond acceptors (Lipinski definition) is 4. The van der Waals surface area contributed by atoms with Crippen LogP contribution in [-0.4, -0.2) is 19.1 Å². The van der Waals surface area contributed by atoms with Gasteiger partial charge in [-0.15, -0.1) is 0 Å². The zero-order chi connectivity index (χ0) is 25.6. The lowest BCUT2D eigenvalue weighted by Crippen LogP contribution is -2.29. The van der Waals surface area contributed by atoms with E-state index >= 15 is 0 Å². The third-order valence-electron chi connectivity index (χ3n) is 5.91. The molecule has 0 spiro atoms. The number of alkyl halides is 3. The number of carbonyl (C=O) groups is 1. The summed E-state index contributed by atoms with van der Waals surface area (Å²) < 4.78 is 44.2. The molecule has 0 aromatic heterocycles. The smallest absolute Gasteiger partial charge is 0.416 e. The second kappa shape index (κ2) is 11.3. The number of carboxylic acid groups (broad SMARTS) is 1. The highest BCUT2D eigenvalue weighted by Crippen LogP contribution is 2.35. The predicted octanol–water partition coefficient (Wildman–Crippen LogP) is 5.92. The third kappa shape index (κ3) is 6.78. The lowest BCUT2D eigenvalue weighted by molar-refractivity contribution is -0.307. The van der Waals surface area contributed by atoms with E-state index in [2.05, 4.69) is 11.8 Å². The summed E-state index contributed by atoms with van der Waals surface area (Å²) in [5.41, 5.74) is 4.84. The van der Waals surface area contributed by atoms with Gasteiger partial charge in [-0.05, 0) is 72.4 Å². The van der Waals surface area contributed by atoms with Crippen molar-refractivity contribution in [3.63, 3.8) is 0 Å². The van der Waals surface area contributed by atoms with Crippen molar-refractivity contribution in [1.82, 2.24) is 0 Å². The quantitative estimate of drug-likeness (QED) is 0.358. The van der Waals surface area contributed by atoms with Crippen molar-refractivity contribution in [2.75, 3.05) is 18.1 Å². The first-order chi connectivity index (χ1) is 16.6. The zero-order valence-corrected chi connectivity index (χ0v) is 20.1. The van der Waals surface area contributed by atoms with E-state index < -0.39 is 24.3 Å². The van der Waals surface area contributed by atoms with E-state index in [0.717, 1.165) is 65.0 Å². The van der Waals surface area contributed by atoms with Gasteiger partial charge in [-0.1, -0.05) is 49.7 Å². The number of halogens is 3. The minimum absolute atomic E-state index is 0.499. The van der Waals surface area contributed by atoms with E-state index in [4.69, 9.17) is 4.74 Å². The number of aryl methyl sites for hydroxylation is 1. The van der Waals surface area contributed by atoms with Gasteiger partial charge in [0, 0.05) is 18.8 Å². The fourth-order valence-electron chi connectivity index (χ4n) is 4.08. The summed E-state index contributed by atoms with van der Waals surface area (Å²) in [5.74, 6) is -0.777. The molecule has 0 saturated carbocycles. The Morgan fingerprint density at radius 3 is 2.34 bits per heavy atom. The summed E-state index contributed by atoms with van der Waals surface area (Å²) in [6.07, 6.45) is -2.37. The van der Waals surface area contributed by atoms with Crippen molar-refractivity contribution in [2.24, 2.45) is 0 Å². The molecule has 0 N–H and O–H groups in total. The summed E-state index contributed by atoms with van der Waals surface area (Å²) in [6, 6.07) is 16.8.